The highest BCUT2D eigenvalue weighted by Crippen LogP contribution is 2.36. The molecule has 1 aromatic carbocycles. The van der Waals surface area contributed by atoms with E-state index in [0.29, 0.717) is 5.56 Å². The summed E-state index contributed by atoms with van der Waals surface area (Å²) in [6.45, 7) is -0.0780. The van der Waals surface area contributed by atoms with E-state index in [9.17, 15) is 18.0 Å². The van der Waals surface area contributed by atoms with Gasteiger partial charge in [0.25, 0.3) is 6.47 Å². The molecule has 4 nitrogen and oxygen atoms in total. The van der Waals surface area contributed by atoms with Crippen molar-refractivity contribution in [2.75, 3.05) is 6.61 Å². The summed E-state index contributed by atoms with van der Waals surface area (Å²) < 4.78 is 48.0. The van der Waals surface area contributed by atoms with E-state index in [4.69, 9.17) is 4.42 Å². The van der Waals surface area contributed by atoms with Crippen molar-refractivity contribution in [3.8, 4) is 0 Å². The van der Waals surface area contributed by atoms with Gasteiger partial charge in [-0.25, -0.2) is 4.98 Å². The monoisotopic (exact) mass is 285 g/mol. The van der Waals surface area contributed by atoms with Gasteiger partial charge in [0.1, 0.15) is 12.4 Å². The van der Waals surface area contributed by atoms with Gasteiger partial charge in [0, 0.05) is 0 Å². The maximum absolute atomic E-state index is 12.8. The van der Waals surface area contributed by atoms with Crippen molar-refractivity contribution >= 4 is 6.47 Å². The molecule has 0 radical (unpaired) electrons. The van der Waals surface area contributed by atoms with Crippen molar-refractivity contribution in [2.45, 2.75) is 12.1 Å². The van der Waals surface area contributed by atoms with E-state index in [-0.39, 0.29) is 18.8 Å². The number of hydrogen-bond donors (Lipinski definition) is 0. The fourth-order valence-electron chi connectivity index (χ4n) is 1.86. The Balaban J connectivity index is 2.42. The SMILES string of the molecule is O=COCC(c1ccccc1)c1ocnc1C(F)(F)F. The number of carbonyl (C=O) groups excluding carboxylic acids is 1. The molecular formula is C13H10F3NO3. The van der Waals surface area contributed by atoms with Gasteiger partial charge in [-0.1, -0.05) is 30.3 Å². The summed E-state index contributed by atoms with van der Waals surface area (Å²) in [6.07, 6.45) is -3.90. The molecule has 0 aliphatic heterocycles. The maximum atomic E-state index is 12.8. The number of hydrogen-bond acceptors (Lipinski definition) is 4. The highest BCUT2D eigenvalue weighted by Gasteiger charge is 2.40. The van der Waals surface area contributed by atoms with Crippen LogP contribution in [0.5, 0.6) is 0 Å². The van der Waals surface area contributed by atoms with E-state index >= 15 is 0 Å². The van der Waals surface area contributed by atoms with Gasteiger partial charge in [0.05, 0.1) is 5.92 Å². The smallest absolute Gasteiger partial charge is 0.436 e. The normalized spacial score (nSPS) is 12.9. The predicted octanol–water partition coefficient (Wildman–Crippen LogP) is 3.00. The van der Waals surface area contributed by atoms with Gasteiger partial charge in [-0.05, 0) is 5.56 Å². The summed E-state index contributed by atoms with van der Waals surface area (Å²) in [5, 5.41) is 0. The van der Waals surface area contributed by atoms with Gasteiger partial charge in [-0.3, -0.25) is 4.79 Å². The van der Waals surface area contributed by atoms with E-state index in [0.717, 1.165) is 6.39 Å². The van der Waals surface area contributed by atoms with Crippen LogP contribution in [0, 0.1) is 0 Å². The van der Waals surface area contributed by atoms with E-state index in [1.807, 2.05) is 0 Å². The number of aromatic nitrogens is 1. The summed E-state index contributed by atoms with van der Waals surface area (Å²) in [7, 11) is 0. The van der Waals surface area contributed by atoms with Gasteiger partial charge in [-0.15, -0.1) is 0 Å². The van der Waals surface area contributed by atoms with Crippen LogP contribution in [0.1, 0.15) is 22.9 Å². The average Bonchev–Trinajstić information content (AvgIpc) is 2.90. The van der Waals surface area contributed by atoms with Crippen LogP contribution in [0.15, 0.2) is 41.1 Å². The molecule has 0 saturated carbocycles. The number of oxazole rings is 1. The molecule has 7 heteroatoms. The lowest BCUT2D eigenvalue weighted by Crippen LogP contribution is -2.15. The Morgan fingerprint density at radius 2 is 2.00 bits per heavy atom. The minimum atomic E-state index is -4.63. The molecule has 1 unspecified atom stereocenters. The molecule has 1 atom stereocenters. The zero-order valence-electron chi connectivity index (χ0n) is 10.1. The number of carbonyl (C=O) groups is 1. The third-order valence-corrected chi connectivity index (χ3v) is 2.71. The Labute approximate surface area is 112 Å². The largest absolute Gasteiger partial charge is 0.467 e. The molecule has 0 aliphatic carbocycles. The van der Waals surface area contributed by atoms with Gasteiger partial charge in [-0.2, -0.15) is 13.2 Å². The van der Waals surface area contributed by atoms with Crippen LogP contribution in [0.2, 0.25) is 0 Å². The summed E-state index contributed by atoms with van der Waals surface area (Å²) in [4.78, 5) is 13.5. The van der Waals surface area contributed by atoms with Crippen molar-refractivity contribution in [3.63, 3.8) is 0 Å². The second-order valence-electron chi connectivity index (χ2n) is 3.96. The zero-order chi connectivity index (χ0) is 14.6. The minimum absolute atomic E-state index is 0.180. The maximum Gasteiger partial charge on any atom is 0.436 e. The molecular weight excluding hydrogens is 275 g/mol. The number of halogens is 3. The molecule has 0 saturated heterocycles. The number of nitrogens with zero attached hydrogens (tertiary/aromatic N) is 1. The first-order valence-electron chi connectivity index (χ1n) is 5.64. The average molecular weight is 285 g/mol. The topological polar surface area (TPSA) is 52.3 Å². The molecule has 106 valence electrons. The Morgan fingerprint density at radius 3 is 2.60 bits per heavy atom. The van der Waals surface area contributed by atoms with E-state index in [1.165, 1.54) is 0 Å². The Morgan fingerprint density at radius 1 is 1.30 bits per heavy atom. The van der Waals surface area contributed by atoms with Crippen LogP contribution in [0.3, 0.4) is 0 Å². The first-order valence-corrected chi connectivity index (χ1v) is 5.64. The van der Waals surface area contributed by atoms with E-state index in [1.54, 1.807) is 30.3 Å². The van der Waals surface area contributed by atoms with Gasteiger partial charge < -0.3 is 9.15 Å². The quantitative estimate of drug-likeness (QED) is 0.792. The number of benzene rings is 1. The lowest BCUT2D eigenvalue weighted by atomic mass is 9.96. The minimum Gasteiger partial charge on any atom is -0.467 e. The molecule has 1 aromatic heterocycles. The molecule has 0 aliphatic rings. The summed E-state index contributed by atoms with van der Waals surface area (Å²) in [5.41, 5.74) is -0.572. The molecule has 2 aromatic rings. The number of alkyl halides is 3. The van der Waals surface area contributed by atoms with Gasteiger partial charge in [0.15, 0.2) is 12.1 Å². The molecule has 2 rings (SSSR count). The van der Waals surface area contributed by atoms with Crippen LogP contribution in [0.4, 0.5) is 13.2 Å². The fraction of sp³-hybridized carbons (Fsp3) is 0.231. The van der Waals surface area contributed by atoms with E-state index < -0.39 is 17.8 Å². The molecule has 0 bridgehead atoms. The molecule has 1 heterocycles. The van der Waals surface area contributed by atoms with Crippen molar-refractivity contribution in [2.24, 2.45) is 0 Å². The second kappa shape index (κ2) is 5.77. The van der Waals surface area contributed by atoms with Crippen molar-refractivity contribution < 1.29 is 27.1 Å². The van der Waals surface area contributed by atoms with Crippen molar-refractivity contribution in [3.05, 3.63) is 53.7 Å². The lowest BCUT2D eigenvalue weighted by molar-refractivity contribution is -0.142. The Kier molecular flexibility index (Phi) is 4.07. The molecule has 0 N–H and O–H groups in total. The summed E-state index contributed by atoms with van der Waals surface area (Å²) >= 11 is 0. The molecule has 0 fully saturated rings. The van der Waals surface area contributed by atoms with Crippen LogP contribution < -0.4 is 0 Å². The number of rotatable bonds is 5. The van der Waals surface area contributed by atoms with Crippen LogP contribution in [-0.4, -0.2) is 18.1 Å². The highest BCUT2D eigenvalue weighted by atomic mass is 19.4. The lowest BCUT2D eigenvalue weighted by Gasteiger charge is -2.15. The molecule has 0 amide bonds. The highest BCUT2D eigenvalue weighted by molar-refractivity contribution is 5.38. The molecule has 0 spiro atoms. The third kappa shape index (κ3) is 2.98. The van der Waals surface area contributed by atoms with Crippen molar-refractivity contribution in [1.29, 1.82) is 0 Å². The van der Waals surface area contributed by atoms with Crippen LogP contribution >= 0.6 is 0 Å². The van der Waals surface area contributed by atoms with Gasteiger partial charge >= 0.3 is 6.18 Å². The Hall–Kier alpha value is -2.31. The van der Waals surface area contributed by atoms with Crippen molar-refractivity contribution in [1.82, 2.24) is 4.98 Å². The van der Waals surface area contributed by atoms with Gasteiger partial charge in [0.2, 0.25) is 0 Å². The standard InChI is InChI=1S/C13H10F3NO3/c14-13(15,16)12-11(20-7-17-12)10(6-19-8-18)9-4-2-1-3-5-9/h1-5,7-8,10H,6H2. The van der Waals surface area contributed by atoms with Crippen LogP contribution in [0.25, 0.3) is 0 Å². The fourth-order valence-corrected chi connectivity index (χ4v) is 1.86. The predicted molar refractivity (Wildman–Crippen MR) is 61.8 cm³/mol. The number of ether oxygens (including phenoxy) is 1. The summed E-state index contributed by atoms with van der Waals surface area (Å²) in [5.74, 6) is -1.23. The third-order valence-electron chi connectivity index (χ3n) is 2.71. The van der Waals surface area contributed by atoms with E-state index in [2.05, 4.69) is 9.72 Å². The summed E-state index contributed by atoms with van der Waals surface area (Å²) in [6, 6.07) is 8.33. The first kappa shape index (κ1) is 14.1. The first-order chi connectivity index (χ1) is 9.54. The van der Waals surface area contributed by atoms with Crippen LogP contribution in [-0.2, 0) is 15.7 Å². The molecule has 20 heavy (non-hydrogen) atoms. The Bertz CT molecular complexity index is 566. The second-order valence-corrected chi connectivity index (χ2v) is 3.96. The zero-order valence-corrected chi connectivity index (χ0v) is 10.1.